The van der Waals surface area contributed by atoms with Crippen molar-refractivity contribution in [1.82, 2.24) is 14.8 Å². The third kappa shape index (κ3) is 3.93. The molecular formula is C15H19N3O2S. The molecule has 0 bridgehead atoms. The maximum Gasteiger partial charge on any atom is 0.191 e. The van der Waals surface area contributed by atoms with Gasteiger partial charge in [-0.3, -0.25) is 4.57 Å². The molecule has 0 radical (unpaired) electrons. The van der Waals surface area contributed by atoms with Crippen LogP contribution in [0.4, 0.5) is 0 Å². The Hall–Kier alpha value is -1.63. The first-order chi connectivity index (χ1) is 10.2. The Morgan fingerprint density at radius 1 is 1.43 bits per heavy atom. The molecule has 0 saturated heterocycles. The summed E-state index contributed by atoms with van der Waals surface area (Å²) in [5.74, 6) is 1.15. The number of nitrogens with zero attached hydrogens (tertiary/aromatic N) is 3. The van der Waals surface area contributed by atoms with E-state index in [-0.39, 0.29) is 6.61 Å². The van der Waals surface area contributed by atoms with Crippen molar-refractivity contribution >= 4 is 11.8 Å². The lowest BCUT2D eigenvalue weighted by Crippen LogP contribution is -2.15. The summed E-state index contributed by atoms with van der Waals surface area (Å²) < 4.78 is 1.95. The molecule has 1 unspecified atom stereocenters. The van der Waals surface area contributed by atoms with Crippen molar-refractivity contribution in [3.63, 3.8) is 0 Å². The van der Waals surface area contributed by atoms with Gasteiger partial charge in [-0.1, -0.05) is 41.6 Å². The maximum absolute atomic E-state index is 9.45. The molecule has 2 aromatic rings. The number of aryl methyl sites for hydroxylation is 1. The fourth-order valence-electron chi connectivity index (χ4n) is 1.91. The van der Waals surface area contributed by atoms with Crippen LogP contribution in [0.1, 0.15) is 5.56 Å². The highest BCUT2D eigenvalue weighted by Gasteiger charge is 2.14. The van der Waals surface area contributed by atoms with Gasteiger partial charge in [-0.15, -0.1) is 16.8 Å². The van der Waals surface area contributed by atoms with E-state index < -0.39 is 6.10 Å². The van der Waals surface area contributed by atoms with E-state index in [0.29, 0.717) is 17.5 Å². The zero-order valence-electron chi connectivity index (χ0n) is 11.9. The van der Waals surface area contributed by atoms with E-state index in [1.54, 1.807) is 6.08 Å². The van der Waals surface area contributed by atoms with Crippen molar-refractivity contribution in [3.05, 3.63) is 42.5 Å². The van der Waals surface area contributed by atoms with Gasteiger partial charge in [-0.05, 0) is 13.0 Å². The van der Waals surface area contributed by atoms with Crippen molar-refractivity contribution in [3.8, 4) is 11.4 Å². The number of hydrogen-bond donors (Lipinski definition) is 2. The Morgan fingerprint density at radius 3 is 2.90 bits per heavy atom. The number of benzene rings is 1. The number of hydrogen-bond acceptors (Lipinski definition) is 5. The average molecular weight is 305 g/mol. The number of aliphatic hydroxyl groups excluding tert-OH is 2. The van der Waals surface area contributed by atoms with E-state index in [4.69, 9.17) is 5.11 Å². The van der Waals surface area contributed by atoms with E-state index in [1.807, 2.05) is 29.7 Å². The minimum absolute atomic E-state index is 0.257. The second kappa shape index (κ2) is 7.40. The highest BCUT2D eigenvalue weighted by molar-refractivity contribution is 7.99. The zero-order chi connectivity index (χ0) is 15.2. The summed E-state index contributed by atoms with van der Waals surface area (Å²) in [7, 11) is 0. The van der Waals surface area contributed by atoms with Gasteiger partial charge in [0, 0.05) is 17.9 Å². The lowest BCUT2D eigenvalue weighted by molar-refractivity contribution is 0.113. The molecule has 2 N–H and O–H groups in total. The topological polar surface area (TPSA) is 71.2 Å². The maximum atomic E-state index is 9.45. The quantitative estimate of drug-likeness (QED) is 0.604. The molecule has 5 nitrogen and oxygen atoms in total. The Morgan fingerprint density at radius 2 is 2.24 bits per heavy atom. The van der Waals surface area contributed by atoms with E-state index in [9.17, 15) is 5.11 Å². The van der Waals surface area contributed by atoms with E-state index in [0.717, 1.165) is 17.0 Å². The Labute approximate surface area is 128 Å². The van der Waals surface area contributed by atoms with Crippen molar-refractivity contribution < 1.29 is 10.2 Å². The second-order valence-electron chi connectivity index (χ2n) is 4.72. The number of thioether (sulfide) groups is 1. The molecule has 0 aliphatic heterocycles. The first kappa shape index (κ1) is 15.8. The molecule has 1 heterocycles. The third-order valence-corrected chi connectivity index (χ3v) is 4.03. The van der Waals surface area contributed by atoms with Gasteiger partial charge in [-0.2, -0.15) is 0 Å². The fourth-order valence-corrected chi connectivity index (χ4v) is 2.77. The summed E-state index contributed by atoms with van der Waals surface area (Å²) in [6.45, 7) is 6.13. The number of rotatable bonds is 7. The van der Waals surface area contributed by atoms with Crippen LogP contribution in [0.2, 0.25) is 0 Å². The van der Waals surface area contributed by atoms with Crippen LogP contribution in [0.25, 0.3) is 11.4 Å². The minimum Gasteiger partial charge on any atom is -0.394 e. The van der Waals surface area contributed by atoms with E-state index >= 15 is 0 Å². The highest BCUT2D eigenvalue weighted by Crippen LogP contribution is 2.25. The van der Waals surface area contributed by atoms with Crippen LogP contribution < -0.4 is 0 Å². The molecule has 1 aromatic carbocycles. The van der Waals surface area contributed by atoms with Gasteiger partial charge in [0.05, 0.1) is 12.7 Å². The summed E-state index contributed by atoms with van der Waals surface area (Å²) in [6.07, 6.45) is 1.03. The van der Waals surface area contributed by atoms with Crippen molar-refractivity contribution in [1.29, 1.82) is 0 Å². The molecule has 0 fully saturated rings. The average Bonchev–Trinajstić information content (AvgIpc) is 2.88. The molecule has 6 heteroatoms. The van der Waals surface area contributed by atoms with Crippen LogP contribution in [-0.4, -0.2) is 43.4 Å². The van der Waals surface area contributed by atoms with E-state index in [2.05, 4.69) is 22.8 Å². The molecule has 21 heavy (non-hydrogen) atoms. The van der Waals surface area contributed by atoms with Crippen LogP contribution in [0.15, 0.2) is 42.1 Å². The van der Waals surface area contributed by atoms with E-state index in [1.165, 1.54) is 11.8 Å². The Balaban J connectivity index is 2.30. The molecule has 0 aliphatic rings. The van der Waals surface area contributed by atoms with Gasteiger partial charge in [0.2, 0.25) is 0 Å². The molecule has 112 valence electrons. The summed E-state index contributed by atoms with van der Waals surface area (Å²) in [5, 5.41) is 27.5. The molecule has 0 spiro atoms. The monoisotopic (exact) mass is 305 g/mol. The normalized spacial score (nSPS) is 12.3. The lowest BCUT2D eigenvalue weighted by Gasteiger charge is -2.09. The SMILES string of the molecule is C=CCn1c(SCC(O)CO)nnc1-c1cccc(C)c1. The summed E-state index contributed by atoms with van der Waals surface area (Å²) in [6, 6.07) is 8.07. The predicted molar refractivity (Wildman–Crippen MR) is 84.2 cm³/mol. The van der Waals surface area contributed by atoms with Crippen molar-refractivity contribution in [2.45, 2.75) is 24.7 Å². The van der Waals surface area contributed by atoms with Gasteiger partial charge < -0.3 is 10.2 Å². The lowest BCUT2D eigenvalue weighted by atomic mass is 10.1. The highest BCUT2D eigenvalue weighted by atomic mass is 32.2. The fraction of sp³-hybridized carbons (Fsp3) is 0.333. The predicted octanol–water partition coefficient (Wildman–Crippen LogP) is 1.88. The Bertz CT molecular complexity index is 613. The molecule has 0 aliphatic carbocycles. The summed E-state index contributed by atoms with van der Waals surface area (Å²) >= 11 is 1.37. The van der Waals surface area contributed by atoms with Crippen LogP contribution >= 0.6 is 11.8 Å². The van der Waals surface area contributed by atoms with Gasteiger partial charge in [-0.25, -0.2) is 0 Å². The molecule has 1 atom stereocenters. The molecule has 0 saturated carbocycles. The van der Waals surface area contributed by atoms with Gasteiger partial charge in [0.1, 0.15) is 0 Å². The van der Waals surface area contributed by atoms with Crippen LogP contribution in [0, 0.1) is 6.92 Å². The summed E-state index contributed by atoms with van der Waals surface area (Å²) in [4.78, 5) is 0. The number of allylic oxidation sites excluding steroid dienone is 1. The van der Waals surface area contributed by atoms with Crippen molar-refractivity contribution in [2.24, 2.45) is 0 Å². The minimum atomic E-state index is -0.758. The standard InChI is InChI=1S/C15H19N3O2S/c1-3-7-18-14(12-6-4-5-11(2)8-12)16-17-15(18)21-10-13(20)9-19/h3-6,8,13,19-20H,1,7,9-10H2,2H3. The Kier molecular flexibility index (Phi) is 5.55. The largest absolute Gasteiger partial charge is 0.394 e. The third-order valence-electron chi connectivity index (χ3n) is 2.92. The van der Waals surface area contributed by atoms with Crippen LogP contribution in [0.5, 0.6) is 0 Å². The first-order valence-electron chi connectivity index (χ1n) is 6.68. The van der Waals surface area contributed by atoms with Gasteiger partial charge >= 0.3 is 0 Å². The van der Waals surface area contributed by atoms with Crippen LogP contribution in [0.3, 0.4) is 0 Å². The molecular weight excluding hydrogens is 286 g/mol. The van der Waals surface area contributed by atoms with Crippen LogP contribution in [-0.2, 0) is 6.54 Å². The summed E-state index contributed by atoms with van der Waals surface area (Å²) in [5.41, 5.74) is 2.16. The number of aliphatic hydroxyl groups is 2. The molecule has 1 aromatic heterocycles. The molecule has 2 rings (SSSR count). The van der Waals surface area contributed by atoms with Gasteiger partial charge in [0.15, 0.2) is 11.0 Å². The molecule has 0 amide bonds. The second-order valence-corrected chi connectivity index (χ2v) is 5.71. The first-order valence-corrected chi connectivity index (χ1v) is 7.67. The number of aromatic nitrogens is 3. The van der Waals surface area contributed by atoms with Crippen molar-refractivity contribution in [2.75, 3.05) is 12.4 Å². The zero-order valence-corrected chi connectivity index (χ0v) is 12.8. The van der Waals surface area contributed by atoms with Gasteiger partial charge in [0.25, 0.3) is 0 Å². The smallest absolute Gasteiger partial charge is 0.191 e.